The van der Waals surface area contributed by atoms with Crippen molar-refractivity contribution in [2.75, 3.05) is 0 Å². The molecule has 0 aromatic rings. The van der Waals surface area contributed by atoms with Gasteiger partial charge in [0.15, 0.2) is 5.96 Å². The first-order chi connectivity index (χ1) is 5.20. The fourth-order valence-electron chi connectivity index (χ4n) is 0. The number of rotatable bonds is 0. The molecule has 0 aliphatic heterocycles. The van der Waals surface area contributed by atoms with E-state index in [2.05, 4.69) is 11.5 Å². The molecule has 0 saturated carbocycles. The van der Waals surface area contributed by atoms with Crippen LogP contribution in [-0.4, -0.2) is 25.5 Å². The second kappa shape index (κ2) is 13.2. The van der Waals surface area contributed by atoms with Crippen LogP contribution in [-0.2, 0) is 9.13 Å². The zero-order valence-electron chi connectivity index (χ0n) is 5.76. The lowest BCUT2D eigenvalue weighted by Gasteiger charge is -1.69. The zero-order valence-corrected chi connectivity index (χ0v) is 7.76. The van der Waals surface area contributed by atoms with Gasteiger partial charge in [-0.15, -0.1) is 0 Å². The smallest absolute Gasteiger partial charge is 0.314 e. The zero-order chi connectivity index (χ0) is 10.7. The summed E-state index contributed by atoms with van der Waals surface area (Å²) >= 11 is 0. The van der Waals surface area contributed by atoms with Crippen LogP contribution in [0.1, 0.15) is 0 Å². The first-order valence-electron chi connectivity index (χ1n) is 2.13. The van der Waals surface area contributed by atoms with Crippen molar-refractivity contribution < 1.29 is 28.7 Å². The van der Waals surface area contributed by atoms with E-state index in [1.54, 1.807) is 0 Å². The summed E-state index contributed by atoms with van der Waals surface area (Å²) in [6.45, 7) is 0. The van der Waals surface area contributed by atoms with E-state index >= 15 is 0 Å². The number of hydrogen-bond donors (Lipinski definition) is 7. The van der Waals surface area contributed by atoms with Crippen molar-refractivity contribution in [1.82, 2.24) is 0 Å². The van der Waals surface area contributed by atoms with Crippen LogP contribution in [0.4, 0.5) is 0 Å². The maximum absolute atomic E-state index is 8.74. The molecule has 0 unspecified atom stereocenters. The van der Waals surface area contributed by atoms with Crippen LogP contribution in [0.5, 0.6) is 0 Å². The molecule has 0 fully saturated rings. The van der Waals surface area contributed by atoms with Gasteiger partial charge >= 0.3 is 16.5 Å². The molecule has 0 saturated heterocycles. The largest absolute Gasteiger partial charge is 0.370 e. The van der Waals surface area contributed by atoms with Gasteiger partial charge < -0.3 is 31.0 Å². The molecule has 0 spiro atoms. The van der Waals surface area contributed by atoms with Gasteiger partial charge in [-0.05, 0) is 0 Å². The second-order valence-electron chi connectivity index (χ2n) is 1.02. The van der Waals surface area contributed by atoms with Gasteiger partial charge in [0.25, 0.3) is 0 Å². The highest BCUT2D eigenvalue weighted by atomic mass is 31.1. The molecular weight excluding hydrogens is 212 g/mol. The Morgan fingerprint density at radius 3 is 1.00 bits per heavy atom. The van der Waals surface area contributed by atoms with Crippen molar-refractivity contribution in [3.63, 3.8) is 0 Å². The maximum atomic E-state index is 8.74. The third-order valence-corrected chi connectivity index (χ3v) is 0. The van der Waals surface area contributed by atoms with E-state index < -0.39 is 16.5 Å². The van der Waals surface area contributed by atoms with Gasteiger partial charge in [0.1, 0.15) is 0 Å². The summed E-state index contributed by atoms with van der Waals surface area (Å²) < 4.78 is 17.5. The molecule has 0 aliphatic rings. The van der Waals surface area contributed by atoms with E-state index in [9.17, 15) is 0 Å². The molecule has 11 heteroatoms. The Labute approximate surface area is 69.0 Å². The van der Waals surface area contributed by atoms with E-state index in [4.69, 9.17) is 34.1 Å². The Hall–Kier alpha value is -0.430. The molecule has 0 amide bonds. The van der Waals surface area contributed by atoms with Crippen molar-refractivity contribution in [2.45, 2.75) is 0 Å². The van der Waals surface area contributed by atoms with Crippen molar-refractivity contribution in [1.29, 1.82) is 5.41 Å². The van der Waals surface area contributed by atoms with Crippen LogP contribution in [0, 0.1) is 5.41 Å². The van der Waals surface area contributed by atoms with Gasteiger partial charge in [0.2, 0.25) is 0 Å². The lowest BCUT2D eigenvalue weighted by atomic mass is 11.1. The third-order valence-electron chi connectivity index (χ3n) is 0. The average Bonchev–Trinajstić information content (AvgIpc) is 1.54. The third kappa shape index (κ3) is 3800. The minimum absolute atomic E-state index is 0.333. The molecule has 0 rings (SSSR count). The number of nitrogens with two attached hydrogens (primary N) is 2. The van der Waals surface area contributed by atoms with Crippen molar-refractivity contribution in [3.8, 4) is 0 Å². The molecule has 12 heavy (non-hydrogen) atoms. The molecular formula is CH11N3O6P2. The lowest BCUT2D eigenvalue weighted by Crippen LogP contribution is -2.20. The summed E-state index contributed by atoms with van der Waals surface area (Å²) in [5.41, 5.74) is 8.94. The SMILES string of the molecule is N=C(N)N.O=[PH](O)O.O=[PH](O)O. The normalized spacial score (nSPS) is 7.83. The average molecular weight is 223 g/mol. The van der Waals surface area contributed by atoms with Crippen molar-refractivity contribution in [2.24, 2.45) is 11.5 Å². The summed E-state index contributed by atoms with van der Waals surface area (Å²) in [7, 11) is -6.26. The number of nitrogens with one attached hydrogen (secondary N) is 1. The highest BCUT2D eigenvalue weighted by Crippen LogP contribution is 1.98. The topological polar surface area (TPSA) is 191 Å². The van der Waals surface area contributed by atoms with Gasteiger partial charge in [-0.3, -0.25) is 14.5 Å². The molecule has 0 heterocycles. The minimum Gasteiger partial charge on any atom is -0.370 e. The van der Waals surface area contributed by atoms with E-state index in [1.807, 2.05) is 0 Å². The Kier molecular flexibility index (Phi) is 19.3. The van der Waals surface area contributed by atoms with Crippen LogP contribution in [0.25, 0.3) is 0 Å². The van der Waals surface area contributed by atoms with Crippen LogP contribution >= 0.6 is 16.5 Å². The lowest BCUT2D eigenvalue weighted by molar-refractivity contribution is 0.403. The Balaban J connectivity index is -0.000000101. The summed E-state index contributed by atoms with van der Waals surface area (Å²) in [5, 5.41) is 6.06. The Morgan fingerprint density at radius 2 is 1.00 bits per heavy atom. The van der Waals surface area contributed by atoms with Gasteiger partial charge in [-0.1, -0.05) is 0 Å². The van der Waals surface area contributed by atoms with Gasteiger partial charge in [0, 0.05) is 0 Å². The second-order valence-corrected chi connectivity index (χ2v) is 2.15. The summed E-state index contributed by atoms with van der Waals surface area (Å²) in [6, 6.07) is 0. The van der Waals surface area contributed by atoms with Crippen LogP contribution in [0.2, 0.25) is 0 Å². The van der Waals surface area contributed by atoms with Crippen molar-refractivity contribution in [3.05, 3.63) is 0 Å². The van der Waals surface area contributed by atoms with Crippen LogP contribution in [0.3, 0.4) is 0 Å². The monoisotopic (exact) mass is 223 g/mol. The van der Waals surface area contributed by atoms with Gasteiger partial charge in [-0.25, -0.2) is 0 Å². The molecule has 9 N–H and O–H groups in total. The standard InChI is InChI=1S/CH5N3.2H3O3P/c2-1(3)4;2*1-4(2)3/h(H5,2,3,4);2*4H,(H2,1,2,3). The summed E-state index contributed by atoms with van der Waals surface area (Å²) in [5.74, 6) is -0.333. The van der Waals surface area contributed by atoms with E-state index in [0.29, 0.717) is 0 Å². The fourth-order valence-corrected chi connectivity index (χ4v) is 0. The number of guanidine groups is 1. The van der Waals surface area contributed by atoms with Gasteiger partial charge in [0.05, 0.1) is 0 Å². The van der Waals surface area contributed by atoms with E-state index in [-0.39, 0.29) is 5.96 Å². The van der Waals surface area contributed by atoms with Crippen molar-refractivity contribution >= 4 is 22.5 Å². The molecule has 76 valence electrons. The summed E-state index contributed by atoms with van der Waals surface area (Å²) in [4.78, 5) is 28.6. The molecule has 0 aromatic heterocycles. The fraction of sp³-hybridized carbons (Fsp3) is 0. The predicted octanol–water partition coefficient (Wildman–Crippen LogP) is -2.44. The first kappa shape index (κ1) is 17.6. The maximum Gasteiger partial charge on any atom is 0.314 e. The summed E-state index contributed by atoms with van der Waals surface area (Å²) in [6.07, 6.45) is 0. The van der Waals surface area contributed by atoms with E-state index in [1.165, 1.54) is 0 Å². The highest BCUT2D eigenvalue weighted by molar-refractivity contribution is 7.31. The molecule has 0 atom stereocenters. The molecule has 0 aromatic carbocycles. The molecule has 0 bridgehead atoms. The molecule has 9 nitrogen and oxygen atoms in total. The first-order valence-corrected chi connectivity index (χ1v) is 4.74. The predicted molar refractivity (Wildman–Crippen MR) is 43.0 cm³/mol. The Bertz CT molecular complexity index is 118. The highest BCUT2D eigenvalue weighted by Gasteiger charge is 1.62. The van der Waals surface area contributed by atoms with Crippen LogP contribution < -0.4 is 11.5 Å². The Morgan fingerprint density at radius 1 is 1.00 bits per heavy atom. The van der Waals surface area contributed by atoms with Gasteiger partial charge in [-0.2, -0.15) is 0 Å². The number of hydrogen-bond acceptors (Lipinski definition) is 3. The molecule has 0 aliphatic carbocycles. The molecule has 0 radical (unpaired) electrons. The van der Waals surface area contributed by atoms with E-state index in [0.717, 1.165) is 0 Å². The minimum atomic E-state index is -3.13. The quantitative estimate of drug-likeness (QED) is 0.134. The van der Waals surface area contributed by atoms with Crippen LogP contribution in [0.15, 0.2) is 0 Å².